The Hall–Kier alpha value is -0.0900. The first-order valence-corrected chi connectivity index (χ1v) is 9.15. The van der Waals surface area contributed by atoms with Crippen molar-refractivity contribution in [2.75, 3.05) is 12.3 Å². The molecule has 4 heteroatoms. The summed E-state index contributed by atoms with van der Waals surface area (Å²) < 4.78 is 23.5. The highest BCUT2D eigenvalue weighted by molar-refractivity contribution is 7.92. The standard InChI is InChI=1S/C14H27NO2S/c1-11(2)12-5-7-13(8-6-12)15-10-14-4-3-9-18(14,16)17/h11-15H,3-10H2,1-2H3. The van der Waals surface area contributed by atoms with E-state index in [1.807, 2.05) is 0 Å². The highest BCUT2D eigenvalue weighted by Gasteiger charge is 2.32. The van der Waals surface area contributed by atoms with Crippen LogP contribution >= 0.6 is 0 Å². The van der Waals surface area contributed by atoms with Crippen LogP contribution < -0.4 is 5.32 Å². The zero-order chi connectivity index (χ0) is 13.2. The summed E-state index contributed by atoms with van der Waals surface area (Å²) in [5, 5.41) is 3.39. The Morgan fingerprint density at radius 2 is 1.78 bits per heavy atom. The van der Waals surface area contributed by atoms with Crippen molar-refractivity contribution in [3.8, 4) is 0 Å². The average molecular weight is 273 g/mol. The largest absolute Gasteiger partial charge is 0.313 e. The van der Waals surface area contributed by atoms with Crippen molar-refractivity contribution in [2.24, 2.45) is 11.8 Å². The maximum absolute atomic E-state index is 11.7. The molecular weight excluding hydrogens is 246 g/mol. The summed E-state index contributed by atoms with van der Waals surface area (Å²) in [5.41, 5.74) is 0. The van der Waals surface area contributed by atoms with Crippen LogP contribution in [0.2, 0.25) is 0 Å². The Bertz CT molecular complexity index is 356. The van der Waals surface area contributed by atoms with Crippen molar-refractivity contribution < 1.29 is 8.42 Å². The minimum atomic E-state index is -2.77. The molecule has 2 rings (SSSR count). The van der Waals surface area contributed by atoms with Crippen molar-refractivity contribution in [3.63, 3.8) is 0 Å². The van der Waals surface area contributed by atoms with Crippen molar-refractivity contribution in [1.82, 2.24) is 5.32 Å². The third-order valence-electron chi connectivity index (χ3n) is 4.81. The van der Waals surface area contributed by atoms with E-state index in [9.17, 15) is 8.42 Å². The van der Waals surface area contributed by atoms with Gasteiger partial charge >= 0.3 is 0 Å². The van der Waals surface area contributed by atoms with Gasteiger partial charge in [-0.15, -0.1) is 0 Å². The summed E-state index contributed by atoms with van der Waals surface area (Å²) in [5.74, 6) is 2.07. The fraction of sp³-hybridized carbons (Fsp3) is 1.00. The molecule has 0 spiro atoms. The smallest absolute Gasteiger partial charge is 0.154 e. The summed E-state index contributed by atoms with van der Waals surface area (Å²) in [6, 6.07) is 0.552. The molecule has 2 aliphatic rings. The van der Waals surface area contributed by atoms with Gasteiger partial charge in [0.05, 0.1) is 11.0 Å². The highest BCUT2D eigenvalue weighted by Crippen LogP contribution is 2.30. The lowest BCUT2D eigenvalue weighted by Crippen LogP contribution is -2.39. The van der Waals surface area contributed by atoms with Crippen LogP contribution in [-0.2, 0) is 9.84 Å². The van der Waals surface area contributed by atoms with Gasteiger partial charge in [0.25, 0.3) is 0 Å². The zero-order valence-corrected chi connectivity index (χ0v) is 12.5. The van der Waals surface area contributed by atoms with Crippen molar-refractivity contribution in [1.29, 1.82) is 0 Å². The van der Waals surface area contributed by atoms with Crippen LogP contribution in [0.1, 0.15) is 52.4 Å². The van der Waals surface area contributed by atoms with Gasteiger partial charge in [-0.3, -0.25) is 0 Å². The maximum atomic E-state index is 11.7. The van der Waals surface area contributed by atoms with Gasteiger partial charge in [0.15, 0.2) is 9.84 Å². The van der Waals surface area contributed by atoms with E-state index in [0.29, 0.717) is 18.3 Å². The zero-order valence-electron chi connectivity index (χ0n) is 11.7. The third-order valence-corrected chi connectivity index (χ3v) is 7.09. The number of hydrogen-bond acceptors (Lipinski definition) is 3. The SMILES string of the molecule is CC(C)C1CCC(NCC2CCCS2(=O)=O)CC1. The summed E-state index contributed by atoms with van der Waals surface area (Å²) in [7, 11) is -2.77. The summed E-state index contributed by atoms with van der Waals surface area (Å²) in [6.07, 6.45) is 6.75. The van der Waals surface area contributed by atoms with Gasteiger partial charge in [0.2, 0.25) is 0 Å². The van der Waals surface area contributed by atoms with E-state index in [1.165, 1.54) is 25.7 Å². The molecule has 1 saturated heterocycles. The van der Waals surface area contributed by atoms with E-state index >= 15 is 0 Å². The second kappa shape index (κ2) is 5.91. The van der Waals surface area contributed by atoms with Crippen molar-refractivity contribution in [3.05, 3.63) is 0 Å². The lowest BCUT2D eigenvalue weighted by Gasteiger charge is -2.31. The molecule has 0 aromatic heterocycles. The van der Waals surface area contributed by atoms with E-state index in [4.69, 9.17) is 0 Å². The fourth-order valence-corrected chi connectivity index (χ4v) is 5.15. The minimum Gasteiger partial charge on any atom is -0.313 e. The first kappa shape index (κ1) is 14.3. The molecule has 0 aromatic rings. The van der Waals surface area contributed by atoms with Crippen LogP contribution in [0.4, 0.5) is 0 Å². The highest BCUT2D eigenvalue weighted by atomic mass is 32.2. The van der Waals surface area contributed by atoms with Gasteiger partial charge < -0.3 is 5.32 Å². The predicted molar refractivity (Wildman–Crippen MR) is 75.4 cm³/mol. The van der Waals surface area contributed by atoms with Gasteiger partial charge in [-0.25, -0.2) is 8.42 Å². The Balaban J connectivity index is 1.73. The maximum Gasteiger partial charge on any atom is 0.154 e. The van der Waals surface area contributed by atoms with E-state index in [0.717, 1.165) is 24.7 Å². The van der Waals surface area contributed by atoms with E-state index in [-0.39, 0.29) is 5.25 Å². The topological polar surface area (TPSA) is 46.2 Å². The fourth-order valence-electron chi connectivity index (χ4n) is 3.38. The molecule has 2 fully saturated rings. The molecule has 1 heterocycles. The molecule has 0 aromatic carbocycles. The average Bonchev–Trinajstić information content (AvgIpc) is 2.66. The molecule has 3 nitrogen and oxygen atoms in total. The van der Waals surface area contributed by atoms with Gasteiger partial charge in [-0.2, -0.15) is 0 Å². The Morgan fingerprint density at radius 3 is 2.28 bits per heavy atom. The molecule has 0 amide bonds. The van der Waals surface area contributed by atoms with E-state index < -0.39 is 9.84 Å². The molecule has 18 heavy (non-hydrogen) atoms. The first-order chi connectivity index (χ1) is 8.49. The number of rotatable bonds is 4. The molecule has 1 aliphatic heterocycles. The monoisotopic (exact) mass is 273 g/mol. The molecule has 0 bridgehead atoms. The third kappa shape index (κ3) is 3.47. The molecule has 1 N–H and O–H groups in total. The number of nitrogens with one attached hydrogen (secondary N) is 1. The van der Waals surface area contributed by atoms with E-state index in [2.05, 4.69) is 19.2 Å². The molecule has 106 valence electrons. The van der Waals surface area contributed by atoms with Crippen LogP contribution in [0.15, 0.2) is 0 Å². The second-order valence-electron chi connectivity index (χ2n) is 6.40. The number of sulfone groups is 1. The van der Waals surface area contributed by atoms with Crippen LogP contribution in [0.3, 0.4) is 0 Å². The lowest BCUT2D eigenvalue weighted by atomic mass is 9.80. The Kier molecular flexibility index (Phi) is 4.70. The summed E-state index contributed by atoms with van der Waals surface area (Å²) in [4.78, 5) is 0. The van der Waals surface area contributed by atoms with Crippen LogP contribution in [0.5, 0.6) is 0 Å². The first-order valence-electron chi connectivity index (χ1n) is 7.44. The van der Waals surface area contributed by atoms with E-state index in [1.54, 1.807) is 0 Å². The van der Waals surface area contributed by atoms with Crippen molar-refractivity contribution in [2.45, 2.75) is 63.7 Å². The normalized spacial score (nSPS) is 36.1. The van der Waals surface area contributed by atoms with Gasteiger partial charge in [0, 0.05) is 12.6 Å². The lowest BCUT2D eigenvalue weighted by molar-refractivity contribution is 0.239. The quantitative estimate of drug-likeness (QED) is 0.855. The van der Waals surface area contributed by atoms with Crippen LogP contribution in [0.25, 0.3) is 0 Å². The summed E-state index contributed by atoms with van der Waals surface area (Å²) >= 11 is 0. The number of hydrogen-bond donors (Lipinski definition) is 1. The van der Waals surface area contributed by atoms with Gasteiger partial charge in [-0.05, 0) is 50.4 Å². The molecule has 1 atom stereocenters. The van der Waals surface area contributed by atoms with Crippen LogP contribution in [0, 0.1) is 11.8 Å². The Morgan fingerprint density at radius 1 is 1.11 bits per heavy atom. The second-order valence-corrected chi connectivity index (χ2v) is 8.80. The molecular formula is C14H27NO2S. The van der Waals surface area contributed by atoms with Gasteiger partial charge in [0.1, 0.15) is 0 Å². The Labute approximate surface area is 112 Å². The molecule has 0 radical (unpaired) electrons. The van der Waals surface area contributed by atoms with Gasteiger partial charge in [-0.1, -0.05) is 13.8 Å². The summed E-state index contributed by atoms with van der Waals surface area (Å²) in [6.45, 7) is 5.30. The van der Waals surface area contributed by atoms with Crippen molar-refractivity contribution >= 4 is 9.84 Å². The molecule has 1 saturated carbocycles. The van der Waals surface area contributed by atoms with Crippen LogP contribution in [-0.4, -0.2) is 32.0 Å². The molecule has 1 unspecified atom stereocenters. The molecule has 1 aliphatic carbocycles. The predicted octanol–water partition coefficient (Wildman–Crippen LogP) is 2.37. The minimum absolute atomic E-state index is 0.111.